The van der Waals surface area contributed by atoms with Crippen LogP contribution in [0.4, 0.5) is 4.39 Å². The van der Waals surface area contributed by atoms with Gasteiger partial charge in [-0.1, -0.05) is 26.0 Å². The fourth-order valence-electron chi connectivity index (χ4n) is 3.42. The molecule has 2 rings (SSSR count). The van der Waals surface area contributed by atoms with Crippen molar-refractivity contribution in [3.8, 4) is 0 Å². The summed E-state index contributed by atoms with van der Waals surface area (Å²) in [5.74, 6) is 0.472. The van der Waals surface area contributed by atoms with Crippen molar-refractivity contribution < 1.29 is 4.39 Å². The van der Waals surface area contributed by atoms with E-state index in [1.807, 2.05) is 12.1 Å². The third kappa shape index (κ3) is 3.21. The molecule has 0 saturated carbocycles. The van der Waals surface area contributed by atoms with Crippen molar-refractivity contribution in [2.75, 3.05) is 13.1 Å². The minimum atomic E-state index is -0.159. The molecule has 4 unspecified atom stereocenters. The van der Waals surface area contributed by atoms with Crippen LogP contribution in [0.15, 0.2) is 24.3 Å². The lowest BCUT2D eigenvalue weighted by molar-refractivity contribution is 0.0529. The van der Waals surface area contributed by atoms with Crippen molar-refractivity contribution in [1.82, 2.24) is 10.2 Å². The average molecular weight is 278 g/mol. The highest BCUT2D eigenvalue weighted by atomic mass is 19.1. The second-order valence-electron chi connectivity index (χ2n) is 6.02. The maximum Gasteiger partial charge on any atom is 0.123 e. The quantitative estimate of drug-likeness (QED) is 0.905. The van der Waals surface area contributed by atoms with Gasteiger partial charge in [-0.2, -0.15) is 0 Å². The molecule has 3 heteroatoms. The molecule has 20 heavy (non-hydrogen) atoms. The summed E-state index contributed by atoms with van der Waals surface area (Å²) >= 11 is 0. The Bertz CT molecular complexity index is 418. The lowest BCUT2D eigenvalue weighted by Gasteiger charge is -2.46. The molecular formula is C17H27FN2. The van der Waals surface area contributed by atoms with E-state index in [2.05, 4.69) is 37.9 Å². The summed E-state index contributed by atoms with van der Waals surface area (Å²) in [5.41, 5.74) is 1.20. The highest BCUT2D eigenvalue weighted by Gasteiger charge is 2.34. The van der Waals surface area contributed by atoms with Gasteiger partial charge in [0.15, 0.2) is 0 Å². The minimum absolute atomic E-state index is 0.159. The number of nitrogens with zero attached hydrogens (tertiary/aromatic N) is 1. The van der Waals surface area contributed by atoms with Crippen LogP contribution in [0.1, 0.15) is 45.7 Å². The number of likely N-dealkylation sites (tertiary alicyclic amines) is 1. The van der Waals surface area contributed by atoms with Gasteiger partial charge < -0.3 is 5.32 Å². The molecule has 4 atom stereocenters. The first kappa shape index (κ1) is 15.5. The molecular weight excluding hydrogens is 251 g/mol. The van der Waals surface area contributed by atoms with Crippen LogP contribution in [0.3, 0.4) is 0 Å². The molecule has 0 bridgehead atoms. The normalized spacial score (nSPS) is 29.4. The molecule has 1 aromatic carbocycles. The molecule has 1 aliphatic heterocycles. The number of rotatable bonds is 4. The third-order valence-electron chi connectivity index (χ3n) is 4.93. The third-order valence-corrected chi connectivity index (χ3v) is 4.93. The predicted octanol–water partition coefficient (Wildman–Crippen LogP) is 3.60. The van der Waals surface area contributed by atoms with Crippen LogP contribution >= 0.6 is 0 Å². The van der Waals surface area contributed by atoms with Crippen molar-refractivity contribution >= 4 is 0 Å². The van der Waals surface area contributed by atoms with Gasteiger partial charge in [0, 0.05) is 24.7 Å². The van der Waals surface area contributed by atoms with Gasteiger partial charge in [0.1, 0.15) is 5.82 Å². The maximum atomic E-state index is 13.0. The maximum absolute atomic E-state index is 13.0. The fraction of sp³-hybridized carbons (Fsp3) is 0.647. The summed E-state index contributed by atoms with van der Waals surface area (Å²) in [6, 6.07) is 8.44. The van der Waals surface area contributed by atoms with Crippen LogP contribution in [0.2, 0.25) is 0 Å². The number of nitrogens with one attached hydrogen (secondary N) is 1. The van der Waals surface area contributed by atoms with Gasteiger partial charge in [0.25, 0.3) is 0 Å². The molecule has 0 radical (unpaired) electrons. The van der Waals surface area contributed by atoms with Gasteiger partial charge in [-0.3, -0.25) is 4.90 Å². The van der Waals surface area contributed by atoms with Crippen LogP contribution < -0.4 is 5.32 Å². The molecule has 2 nitrogen and oxygen atoms in total. The highest BCUT2D eigenvalue weighted by molar-refractivity contribution is 5.20. The summed E-state index contributed by atoms with van der Waals surface area (Å²) in [6.07, 6.45) is 1.19. The molecule has 1 fully saturated rings. The number of benzene rings is 1. The Hall–Kier alpha value is -0.930. The van der Waals surface area contributed by atoms with E-state index in [9.17, 15) is 4.39 Å². The number of hydrogen-bond donors (Lipinski definition) is 1. The lowest BCUT2D eigenvalue weighted by Crippen LogP contribution is -2.53. The second-order valence-corrected chi connectivity index (χ2v) is 6.02. The molecule has 0 spiro atoms. The zero-order valence-electron chi connectivity index (χ0n) is 13.1. The first-order chi connectivity index (χ1) is 9.54. The molecule has 1 aromatic rings. The Kier molecular flexibility index (Phi) is 5.17. The van der Waals surface area contributed by atoms with Gasteiger partial charge >= 0.3 is 0 Å². The van der Waals surface area contributed by atoms with E-state index in [1.54, 1.807) is 12.1 Å². The van der Waals surface area contributed by atoms with Crippen LogP contribution in [0.5, 0.6) is 0 Å². The number of piperidine rings is 1. The lowest BCUT2D eigenvalue weighted by atomic mass is 9.85. The van der Waals surface area contributed by atoms with Crippen LogP contribution in [0.25, 0.3) is 0 Å². The summed E-state index contributed by atoms with van der Waals surface area (Å²) < 4.78 is 13.0. The first-order valence-electron chi connectivity index (χ1n) is 7.79. The molecule has 1 N–H and O–H groups in total. The van der Waals surface area contributed by atoms with E-state index in [0.717, 1.165) is 13.1 Å². The molecule has 0 amide bonds. The molecule has 1 saturated heterocycles. The molecule has 1 heterocycles. The predicted molar refractivity (Wildman–Crippen MR) is 82.2 cm³/mol. The fourth-order valence-corrected chi connectivity index (χ4v) is 3.42. The van der Waals surface area contributed by atoms with Gasteiger partial charge in [-0.15, -0.1) is 0 Å². The van der Waals surface area contributed by atoms with Gasteiger partial charge in [0.05, 0.1) is 0 Å². The van der Waals surface area contributed by atoms with Crippen molar-refractivity contribution in [2.45, 2.75) is 52.2 Å². The molecule has 0 aliphatic carbocycles. The van der Waals surface area contributed by atoms with E-state index in [1.165, 1.54) is 12.0 Å². The van der Waals surface area contributed by atoms with Crippen molar-refractivity contribution in [3.63, 3.8) is 0 Å². The zero-order valence-corrected chi connectivity index (χ0v) is 13.1. The van der Waals surface area contributed by atoms with Crippen LogP contribution in [-0.4, -0.2) is 30.1 Å². The Labute approximate surface area is 122 Å². The van der Waals surface area contributed by atoms with E-state index in [-0.39, 0.29) is 5.82 Å². The SMILES string of the molecule is CCNC1CCN(C(C)c2ccc(F)cc2)C(C)C1C. The Morgan fingerprint density at radius 1 is 1.30 bits per heavy atom. The van der Waals surface area contributed by atoms with Gasteiger partial charge in [0.2, 0.25) is 0 Å². The van der Waals surface area contributed by atoms with E-state index >= 15 is 0 Å². The molecule has 1 aliphatic rings. The number of halogens is 1. The molecule has 0 aromatic heterocycles. The Morgan fingerprint density at radius 2 is 1.95 bits per heavy atom. The van der Waals surface area contributed by atoms with Crippen molar-refractivity contribution in [2.24, 2.45) is 5.92 Å². The van der Waals surface area contributed by atoms with Gasteiger partial charge in [-0.05, 0) is 50.4 Å². The Morgan fingerprint density at radius 3 is 2.55 bits per heavy atom. The molecule has 112 valence electrons. The largest absolute Gasteiger partial charge is 0.314 e. The second kappa shape index (κ2) is 6.68. The standard InChI is InChI=1S/C17H27FN2/c1-5-19-17-10-11-20(13(3)12(17)2)14(4)15-6-8-16(18)9-7-15/h6-9,12-14,17,19H,5,10-11H2,1-4H3. The van der Waals surface area contributed by atoms with Crippen LogP contribution in [-0.2, 0) is 0 Å². The van der Waals surface area contributed by atoms with Crippen molar-refractivity contribution in [1.29, 1.82) is 0 Å². The van der Waals surface area contributed by atoms with Gasteiger partial charge in [-0.25, -0.2) is 4.39 Å². The van der Waals surface area contributed by atoms with Crippen LogP contribution in [0, 0.1) is 11.7 Å². The van der Waals surface area contributed by atoms with E-state index < -0.39 is 0 Å². The summed E-state index contributed by atoms with van der Waals surface area (Å²) in [6.45, 7) is 11.2. The van der Waals surface area contributed by atoms with Crippen molar-refractivity contribution in [3.05, 3.63) is 35.6 Å². The highest BCUT2D eigenvalue weighted by Crippen LogP contribution is 2.31. The number of hydrogen-bond acceptors (Lipinski definition) is 2. The zero-order chi connectivity index (χ0) is 14.7. The summed E-state index contributed by atoms with van der Waals surface area (Å²) in [4.78, 5) is 2.55. The minimum Gasteiger partial charge on any atom is -0.314 e. The van der Waals surface area contributed by atoms with E-state index in [0.29, 0.717) is 24.0 Å². The summed E-state index contributed by atoms with van der Waals surface area (Å²) in [5, 5.41) is 3.60. The average Bonchev–Trinajstić information content (AvgIpc) is 2.44. The first-order valence-corrected chi connectivity index (χ1v) is 7.79. The monoisotopic (exact) mass is 278 g/mol. The Balaban J connectivity index is 2.07. The van der Waals surface area contributed by atoms with E-state index in [4.69, 9.17) is 0 Å². The summed E-state index contributed by atoms with van der Waals surface area (Å²) in [7, 11) is 0. The topological polar surface area (TPSA) is 15.3 Å². The smallest absolute Gasteiger partial charge is 0.123 e.